The van der Waals surface area contributed by atoms with E-state index in [1.807, 2.05) is 25.5 Å². The lowest BCUT2D eigenvalue weighted by Crippen LogP contribution is -2.42. The molecule has 4 nitrogen and oxygen atoms in total. The molecule has 13 heavy (non-hydrogen) atoms. The summed E-state index contributed by atoms with van der Waals surface area (Å²) in [6.45, 7) is 6.24. The molecule has 0 amide bonds. The molecule has 2 heterocycles. The van der Waals surface area contributed by atoms with Crippen LogP contribution in [0.3, 0.4) is 0 Å². The molecular weight excluding hydrogens is 164 g/mol. The average molecular weight is 182 g/mol. The van der Waals surface area contributed by atoms with Crippen LogP contribution in [-0.2, 0) is 7.05 Å². The fraction of sp³-hybridized carbons (Fsp3) is 0.778. The van der Waals surface area contributed by atoms with Crippen molar-refractivity contribution in [2.75, 3.05) is 20.1 Å². The first kappa shape index (κ1) is 10.2. The van der Waals surface area contributed by atoms with Crippen LogP contribution < -0.4 is 0 Å². The Labute approximate surface area is 79.6 Å². The predicted molar refractivity (Wildman–Crippen MR) is 52.6 cm³/mol. The Bertz CT molecular complexity index is 250. The van der Waals surface area contributed by atoms with E-state index in [1.54, 1.807) is 6.33 Å². The average Bonchev–Trinajstić information content (AvgIpc) is 2.50. The summed E-state index contributed by atoms with van der Waals surface area (Å²) in [4.78, 5) is 2.28. The number of hydrogen-bond donors (Lipinski definition) is 0. The van der Waals surface area contributed by atoms with Crippen molar-refractivity contribution in [3.63, 3.8) is 0 Å². The summed E-state index contributed by atoms with van der Waals surface area (Å²) >= 11 is 0. The van der Waals surface area contributed by atoms with Crippen LogP contribution in [0.5, 0.6) is 0 Å². The van der Waals surface area contributed by atoms with Crippen LogP contribution in [0.4, 0.5) is 0 Å². The molecule has 1 fully saturated rings. The zero-order valence-electron chi connectivity index (χ0n) is 8.86. The van der Waals surface area contributed by atoms with Crippen LogP contribution in [0.25, 0.3) is 0 Å². The van der Waals surface area contributed by atoms with Gasteiger partial charge in [0.05, 0.1) is 0 Å². The number of hydrogen-bond acceptors (Lipinski definition) is 3. The van der Waals surface area contributed by atoms with E-state index in [1.165, 1.54) is 0 Å². The number of rotatable bonds is 1. The molecule has 1 aromatic heterocycles. The van der Waals surface area contributed by atoms with Gasteiger partial charge in [0.1, 0.15) is 12.2 Å². The van der Waals surface area contributed by atoms with Crippen LogP contribution >= 0.6 is 0 Å². The molecule has 74 valence electrons. The van der Waals surface area contributed by atoms with Crippen LogP contribution in [-0.4, -0.2) is 39.8 Å². The third-order valence-corrected chi connectivity index (χ3v) is 2.18. The summed E-state index contributed by atoms with van der Waals surface area (Å²) in [6.07, 6.45) is 1.76. The predicted octanol–water partition coefficient (Wildman–Crippen LogP) is 0.870. The van der Waals surface area contributed by atoms with Gasteiger partial charge in [-0.1, -0.05) is 13.8 Å². The Morgan fingerprint density at radius 3 is 2.31 bits per heavy atom. The molecule has 0 atom stereocenters. The second-order valence-corrected chi connectivity index (χ2v) is 3.22. The molecule has 1 aliphatic rings. The lowest BCUT2D eigenvalue weighted by molar-refractivity contribution is 0.181. The maximum absolute atomic E-state index is 4.06. The molecule has 0 radical (unpaired) electrons. The van der Waals surface area contributed by atoms with Crippen molar-refractivity contribution in [3.05, 3.63) is 12.2 Å². The van der Waals surface area contributed by atoms with Gasteiger partial charge in [-0.2, -0.15) is 0 Å². The Balaban J connectivity index is 0.000000396. The highest BCUT2D eigenvalue weighted by atomic mass is 15.3. The topological polar surface area (TPSA) is 34.0 Å². The maximum Gasteiger partial charge on any atom is 0.138 e. The van der Waals surface area contributed by atoms with Crippen molar-refractivity contribution in [1.82, 2.24) is 19.7 Å². The van der Waals surface area contributed by atoms with E-state index >= 15 is 0 Å². The summed E-state index contributed by atoms with van der Waals surface area (Å²) in [7, 11) is 4.11. The Kier molecular flexibility index (Phi) is 3.42. The fourth-order valence-corrected chi connectivity index (χ4v) is 1.52. The lowest BCUT2D eigenvalue weighted by atomic mass is 10.0. The quantitative estimate of drug-likeness (QED) is 0.646. The number of aromatic nitrogens is 3. The van der Waals surface area contributed by atoms with Gasteiger partial charge < -0.3 is 9.47 Å². The van der Waals surface area contributed by atoms with Crippen LogP contribution in [0.2, 0.25) is 0 Å². The largest absolute Gasteiger partial charge is 0.320 e. The molecular formula is C9H18N4. The van der Waals surface area contributed by atoms with Crippen molar-refractivity contribution < 1.29 is 0 Å². The molecule has 0 N–H and O–H groups in total. The van der Waals surface area contributed by atoms with Crippen molar-refractivity contribution in [2.45, 2.75) is 19.8 Å². The van der Waals surface area contributed by atoms with Crippen molar-refractivity contribution in [3.8, 4) is 0 Å². The standard InChI is InChI=1S/C7H12N4.C2H6/c1-10-3-6(4-10)7-9-8-5-11(7)2;1-2/h5-6H,3-4H2,1-2H3;1-2H3. The number of likely N-dealkylation sites (tertiary alicyclic amines) is 1. The SMILES string of the molecule is CC.CN1CC(c2nncn2C)C1. The van der Waals surface area contributed by atoms with Crippen molar-refractivity contribution in [2.24, 2.45) is 7.05 Å². The van der Waals surface area contributed by atoms with Gasteiger partial charge in [-0.25, -0.2) is 0 Å². The van der Waals surface area contributed by atoms with Gasteiger partial charge >= 0.3 is 0 Å². The van der Waals surface area contributed by atoms with Gasteiger partial charge in [0.25, 0.3) is 0 Å². The Hall–Kier alpha value is -0.900. The molecule has 1 aromatic rings. The molecule has 0 saturated carbocycles. The van der Waals surface area contributed by atoms with Crippen LogP contribution in [0.15, 0.2) is 6.33 Å². The first-order valence-electron chi connectivity index (χ1n) is 4.80. The first-order chi connectivity index (χ1) is 6.27. The molecule has 0 aromatic carbocycles. The number of aryl methyl sites for hydroxylation is 1. The molecule has 0 spiro atoms. The minimum Gasteiger partial charge on any atom is -0.320 e. The summed E-state index contributed by atoms with van der Waals surface area (Å²) in [5.74, 6) is 1.72. The zero-order valence-corrected chi connectivity index (χ0v) is 8.86. The molecule has 1 aliphatic heterocycles. The van der Waals surface area contributed by atoms with E-state index in [2.05, 4.69) is 22.1 Å². The van der Waals surface area contributed by atoms with Crippen molar-refractivity contribution >= 4 is 0 Å². The van der Waals surface area contributed by atoms with Gasteiger partial charge in [0, 0.05) is 26.1 Å². The van der Waals surface area contributed by atoms with E-state index < -0.39 is 0 Å². The number of nitrogens with zero attached hydrogens (tertiary/aromatic N) is 4. The molecule has 0 unspecified atom stereocenters. The maximum atomic E-state index is 4.06. The molecule has 1 saturated heterocycles. The molecule has 2 rings (SSSR count). The highest BCUT2D eigenvalue weighted by Gasteiger charge is 2.28. The van der Waals surface area contributed by atoms with Crippen LogP contribution in [0, 0.1) is 0 Å². The summed E-state index contributed by atoms with van der Waals surface area (Å²) in [6, 6.07) is 0. The zero-order chi connectivity index (χ0) is 9.84. The third-order valence-electron chi connectivity index (χ3n) is 2.18. The van der Waals surface area contributed by atoms with Gasteiger partial charge in [-0.15, -0.1) is 10.2 Å². The first-order valence-corrected chi connectivity index (χ1v) is 4.80. The highest BCUT2D eigenvalue weighted by molar-refractivity contribution is 5.03. The van der Waals surface area contributed by atoms with E-state index in [9.17, 15) is 0 Å². The second-order valence-electron chi connectivity index (χ2n) is 3.22. The smallest absolute Gasteiger partial charge is 0.138 e. The summed E-state index contributed by atoms with van der Waals surface area (Å²) < 4.78 is 2.00. The van der Waals surface area contributed by atoms with E-state index in [-0.39, 0.29) is 0 Å². The molecule has 4 heteroatoms. The highest BCUT2D eigenvalue weighted by Crippen LogP contribution is 2.22. The normalized spacial score (nSPS) is 17.5. The monoisotopic (exact) mass is 182 g/mol. The molecule has 0 bridgehead atoms. The van der Waals surface area contributed by atoms with E-state index in [0.717, 1.165) is 18.9 Å². The second kappa shape index (κ2) is 4.37. The van der Waals surface area contributed by atoms with Crippen LogP contribution in [0.1, 0.15) is 25.6 Å². The summed E-state index contributed by atoms with van der Waals surface area (Å²) in [5, 5.41) is 7.90. The van der Waals surface area contributed by atoms with E-state index in [0.29, 0.717) is 5.92 Å². The third kappa shape index (κ3) is 2.06. The van der Waals surface area contributed by atoms with Gasteiger partial charge in [-0.05, 0) is 7.05 Å². The Morgan fingerprint density at radius 2 is 1.92 bits per heavy atom. The Morgan fingerprint density at radius 1 is 1.31 bits per heavy atom. The van der Waals surface area contributed by atoms with Crippen molar-refractivity contribution in [1.29, 1.82) is 0 Å². The lowest BCUT2D eigenvalue weighted by Gasteiger charge is -2.35. The fourth-order valence-electron chi connectivity index (χ4n) is 1.52. The van der Waals surface area contributed by atoms with Gasteiger partial charge in [0.2, 0.25) is 0 Å². The summed E-state index contributed by atoms with van der Waals surface area (Å²) in [5.41, 5.74) is 0. The van der Waals surface area contributed by atoms with E-state index in [4.69, 9.17) is 0 Å². The van der Waals surface area contributed by atoms with Gasteiger partial charge in [-0.3, -0.25) is 0 Å². The number of likely N-dealkylation sites (N-methyl/N-ethyl adjacent to an activating group) is 1. The van der Waals surface area contributed by atoms with Gasteiger partial charge in [0.15, 0.2) is 0 Å². The molecule has 0 aliphatic carbocycles. The minimum absolute atomic E-state index is 0.604. The minimum atomic E-state index is 0.604.